The number of hydrogen-bond donors (Lipinski definition) is 3. The van der Waals surface area contributed by atoms with Crippen LogP contribution in [-0.4, -0.2) is 85.1 Å². The molecule has 1 saturated carbocycles. The Labute approximate surface area is 184 Å². The molecule has 1 aromatic rings. The van der Waals surface area contributed by atoms with Crippen LogP contribution in [0.4, 0.5) is 0 Å². The van der Waals surface area contributed by atoms with Crippen LogP contribution in [0.25, 0.3) is 0 Å². The standard InChI is InChI=1S/C22H34BN3O5/c1-25(2)11-12-26(3)17-9-7-15(8-10-17)13-20(27)24-19-14-16-5-4-6-18(22(28)29)21(16)31-23(19)30/h4-6,15,17,19,30H,7-14H2,1-3H3,(H,24,27)(H,28,29)/t15?,17?,19-/m0/s1. The van der Waals surface area contributed by atoms with E-state index in [0.717, 1.165) is 38.8 Å². The number of nitrogens with zero attached hydrogens (tertiary/aromatic N) is 2. The lowest BCUT2D eigenvalue weighted by Gasteiger charge is -2.35. The first-order chi connectivity index (χ1) is 14.7. The summed E-state index contributed by atoms with van der Waals surface area (Å²) in [7, 11) is 5.08. The molecule has 31 heavy (non-hydrogen) atoms. The lowest BCUT2D eigenvalue weighted by Crippen LogP contribution is -2.53. The van der Waals surface area contributed by atoms with Crippen LogP contribution in [-0.2, 0) is 11.2 Å². The van der Waals surface area contributed by atoms with Crippen molar-refractivity contribution in [2.45, 2.75) is 50.5 Å². The van der Waals surface area contributed by atoms with Gasteiger partial charge in [-0.15, -0.1) is 0 Å². The maximum atomic E-state index is 12.6. The number of fused-ring (bicyclic) bond motifs is 1. The summed E-state index contributed by atoms with van der Waals surface area (Å²) < 4.78 is 5.46. The van der Waals surface area contributed by atoms with Gasteiger partial charge in [-0.25, -0.2) is 4.79 Å². The van der Waals surface area contributed by atoms with Crippen molar-refractivity contribution in [2.24, 2.45) is 5.92 Å². The fraction of sp³-hybridized carbons (Fsp3) is 0.636. The number of carboxylic acid groups (broad SMARTS) is 1. The summed E-state index contributed by atoms with van der Waals surface area (Å²) in [5.74, 6) is -1.24. The molecule has 2 aliphatic rings. The predicted molar refractivity (Wildman–Crippen MR) is 119 cm³/mol. The second-order valence-corrected chi connectivity index (χ2v) is 9.15. The van der Waals surface area contributed by atoms with Crippen molar-refractivity contribution in [3.63, 3.8) is 0 Å². The Morgan fingerprint density at radius 3 is 2.52 bits per heavy atom. The Hall–Kier alpha value is -2.10. The van der Waals surface area contributed by atoms with Gasteiger partial charge in [0.25, 0.3) is 0 Å². The Balaban J connectivity index is 1.47. The third kappa shape index (κ3) is 6.21. The van der Waals surface area contributed by atoms with E-state index < -0.39 is 19.0 Å². The van der Waals surface area contributed by atoms with Crippen LogP contribution in [0, 0.1) is 5.92 Å². The number of carbonyl (C=O) groups is 2. The largest absolute Gasteiger partial charge is 0.547 e. The quantitative estimate of drug-likeness (QED) is 0.533. The fourth-order valence-corrected chi connectivity index (χ4v) is 4.57. The van der Waals surface area contributed by atoms with E-state index in [-0.39, 0.29) is 17.2 Å². The summed E-state index contributed by atoms with van der Waals surface area (Å²) in [4.78, 5) is 28.6. The second kappa shape index (κ2) is 10.5. The van der Waals surface area contributed by atoms with Gasteiger partial charge in [-0.05, 0) is 70.8 Å². The lowest BCUT2D eigenvalue weighted by atomic mass is 9.72. The minimum absolute atomic E-state index is 0.0219. The van der Waals surface area contributed by atoms with E-state index in [1.165, 1.54) is 6.07 Å². The van der Waals surface area contributed by atoms with Crippen molar-refractivity contribution >= 4 is 19.0 Å². The van der Waals surface area contributed by atoms with Gasteiger partial charge in [0.2, 0.25) is 5.91 Å². The molecule has 170 valence electrons. The highest BCUT2D eigenvalue weighted by molar-refractivity contribution is 6.47. The van der Waals surface area contributed by atoms with Gasteiger partial charge < -0.3 is 29.9 Å². The van der Waals surface area contributed by atoms with Crippen LogP contribution >= 0.6 is 0 Å². The molecule has 9 heteroatoms. The molecular weight excluding hydrogens is 397 g/mol. The first-order valence-electron chi connectivity index (χ1n) is 11.1. The zero-order chi connectivity index (χ0) is 22.5. The summed E-state index contributed by atoms with van der Waals surface area (Å²) >= 11 is 0. The normalized spacial score (nSPS) is 23.4. The van der Waals surface area contributed by atoms with Crippen molar-refractivity contribution in [1.82, 2.24) is 15.1 Å². The molecule has 1 aliphatic heterocycles. The molecule has 0 saturated heterocycles. The summed E-state index contributed by atoms with van der Waals surface area (Å²) in [6.07, 6.45) is 5.04. The molecule has 1 aromatic carbocycles. The fourth-order valence-electron chi connectivity index (χ4n) is 4.57. The SMILES string of the molecule is CN(C)CCN(C)C1CCC(CC(=O)N[C@H]2Cc3cccc(C(=O)O)c3OB2O)CC1. The molecule has 1 fully saturated rings. The molecule has 0 aromatic heterocycles. The first-order valence-corrected chi connectivity index (χ1v) is 11.1. The third-order valence-corrected chi connectivity index (χ3v) is 6.51. The van der Waals surface area contributed by atoms with Crippen LogP contribution < -0.4 is 9.97 Å². The van der Waals surface area contributed by atoms with E-state index in [2.05, 4.69) is 36.3 Å². The van der Waals surface area contributed by atoms with E-state index in [1.807, 2.05) is 0 Å². The van der Waals surface area contributed by atoms with Crippen LogP contribution in [0.15, 0.2) is 18.2 Å². The number of aromatic carboxylic acids is 1. The van der Waals surface area contributed by atoms with Gasteiger partial charge in [0.05, 0.1) is 11.5 Å². The van der Waals surface area contributed by atoms with Gasteiger partial charge in [-0.1, -0.05) is 12.1 Å². The van der Waals surface area contributed by atoms with Crippen molar-refractivity contribution in [3.05, 3.63) is 29.3 Å². The Morgan fingerprint density at radius 1 is 1.16 bits per heavy atom. The first kappa shape index (κ1) is 23.6. The number of amides is 1. The topological polar surface area (TPSA) is 102 Å². The predicted octanol–water partition coefficient (Wildman–Crippen LogP) is 1.27. The van der Waals surface area contributed by atoms with Gasteiger partial charge >= 0.3 is 13.1 Å². The number of carboxylic acids is 1. The van der Waals surface area contributed by atoms with Crippen molar-refractivity contribution in [2.75, 3.05) is 34.2 Å². The van der Waals surface area contributed by atoms with Gasteiger partial charge in [0, 0.05) is 25.6 Å². The van der Waals surface area contributed by atoms with E-state index in [1.54, 1.807) is 12.1 Å². The van der Waals surface area contributed by atoms with Gasteiger partial charge in [0.1, 0.15) is 5.75 Å². The van der Waals surface area contributed by atoms with Crippen molar-refractivity contribution in [3.8, 4) is 5.75 Å². The minimum atomic E-state index is -1.27. The number of benzene rings is 1. The smallest absolute Gasteiger partial charge is 0.534 e. The molecule has 8 nitrogen and oxygen atoms in total. The Bertz CT molecular complexity index is 782. The number of nitrogens with one attached hydrogen (secondary N) is 1. The van der Waals surface area contributed by atoms with Gasteiger partial charge in [-0.3, -0.25) is 4.79 Å². The molecule has 0 bridgehead atoms. The maximum Gasteiger partial charge on any atom is 0.547 e. The van der Waals surface area contributed by atoms with Crippen LogP contribution in [0.2, 0.25) is 0 Å². The van der Waals surface area contributed by atoms with Crippen LogP contribution in [0.1, 0.15) is 48.0 Å². The summed E-state index contributed by atoms with van der Waals surface area (Å²) in [6, 6.07) is 5.44. The van der Waals surface area contributed by atoms with Crippen LogP contribution in [0.3, 0.4) is 0 Å². The maximum absolute atomic E-state index is 12.6. The average Bonchev–Trinajstić information content (AvgIpc) is 2.72. The van der Waals surface area contributed by atoms with E-state index >= 15 is 0 Å². The number of para-hydroxylation sites is 1. The Kier molecular flexibility index (Phi) is 7.97. The van der Waals surface area contributed by atoms with Gasteiger partial charge in [-0.2, -0.15) is 0 Å². The lowest BCUT2D eigenvalue weighted by molar-refractivity contribution is -0.122. The Morgan fingerprint density at radius 2 is 1.87 bits per heavy atom. The molecule has 3 rings (SSSR count). The number of rotatable bonds is 8. The average molecular weight is 431 g/mol. The second-order valence-electron chi connectivity index (χ2n) is 9.15. The number of likely N-dealkylation sites (N-methyl/N-ethyl adjacent to an activating group) is 2. The highest BCUT2D eigenvalue weighted by Gasteiger charge is 2.38. The zero-order valence-electron chi connectivity index (χ0n) is 18.7. The monoisotopic (exact) mass is 431 g/mol. The van der Waals surface area contributed by atoms with E-state index in [4.69, 9.17) is 4.65 Å². The molecule has 3 N–H and O–H groups in total. The van der Waals surface area contributed by atoms with Gasteiger partial charge in [0.15, 0.2) is 0 Å². The summed E-state index contributed by atoms with van der Waals surface area (Å²) in [6.45, 7) is 2.09. The molecule has 1 heterocycles. The highest BCUT2D eigenvalue weighted by atomic mass is 16.5. The molecule has 0 radical (unpaired) electrons. The summed E-state index contributed by atoms with van der Waals surface area (Å²) in [5, 5.41) is 22.5. The highest BCUT2D eigenvalue weighted by Crippen LogP contribution is 2.31. The molecule has 1 amide bonds. The molecule has 0 spiro atoms. The van der Waals surface area contributed by atoms with E-state index in [9.17, 15) is 19.7 Å². The van der Waals surface area contributed by atoms with Crippen molar-refractivity contribution in [1.29, 1.82) is 0 Å². The third-order valence-electron chi connectivity index (χ3n) is 6.51. The molecular formula is C22H34BN3O5. The zero-order valence-corrected chi connectivity index (χ0v) is 18.7. The summed E-state index contributed by atoms with van der Waals surface area (Å²) in [5.41, 5.74) is 0.699. The minimum Gasteiger partial charge on any atom is -0.534 e. The molecule has 0 unspecified atom stereocenters. The number of hydrogen-bond acceptors (Lipinski definition) is 6. The van der Waals surface area contributed by atoms with Crippen LogP contribution in [0.5, 0.6) is 5.75 Å². The molecule has 1 aliphatic carbocycles. The number of carbonyl (C=O) groups excluding carboxylic acids is 1. The molecule has 1 atom stereocenters. The van der Waals surface area contributed by atoms with Crippen molar-refractivity contribution < 1.29 is 24.4 Å². The van der Waals surface area contributed by atoms with E-state index in [0.29, 0.717) is 30.4 Å².